The predicted molar refractivity (Wildman–Crippen MR) is 61.3 cm³/mol. The summed E-state index contributed by atoms with van der Waals surface area (Å²) in [5, 5.41) is 0. The molecule has 0 bridgehead atoms. The largest absolute Gasteiger partial charge is 0.398 e. The highest BCUT2D eigenvalue weighted by Gasteiger charge is 2.14. The Labute approximate surface area is 84.7 Å². The highest BCUT2D eigenvalue weighted by Crippen LogP contribution is 2.29. The first-order chi connectivity index (χ1) is 5.95. The lowest BCUT2D eigenvalue weighted by atomic mass is 9.87. The van der Waals surface area contributed by atoms with Gasteiger partial charge in [-0.15, -0.1) is 11.8 Å². The second-order valence-corrected chi connectivity index (χ2v) is 5.05. The molecule has 0 aromatic heterocycles. The van der Waals surface area contributed by atoms with Gasteiger partial charge in [0, 0.05) is 10.6 Å². The number of hydrogen-bond donors (Lipinski definition) is 1. The quantitative estimate of drug-likeness (QED) is 0.549. The summed E-state index contributed by atoms with van der Waals surface area (Å²) in [5.41, 5.74) is 8.24. The lowest BCUT2D eigenvalue weighted by Crippen LogP contribution is -2.11. The minimum Gasteiger partial charge on any atom is -0.398 e. The van der Waals surface area contributed by atoms with Crippen molar-refractivity contribution >= 4 is 17.4 Å². The fourth-order valence-corrected chi connectivity index (χ4v) is 1.73. The van der Waals surface area contributed by atoms with E-state index in [9.17, 15) is 0 Å². The summed E-state index contributed by atoms with van der Waals surface area (Å²) in [6.07, 6.45) is 2.05. The van der Waals surface area contributed by atoms with Crippen molar-refractivity contribution in [1.29, 1.82) is 0 Å². The van der Waals surface area contributed by atoms with E-state index in [1.807, 2.05) is 6.07 Å². The molecule has 0 aliphatic rings. The van der Waals surface area contributed by atoms with Crippen molar-refractivity contribution in [3.63, 3.8) is 0 Å². The topological polar surface area (TPSA) is 26.0 Å². The summed E-state index contributed by atoms with van der Waals surface area (Å²) in [6.45, 7) is 6.63. The fraction of sp³-hybridized carbons (Fsp3) is 0.455. The average Bonchev–Trinajstić information content (AvgIpc) is 2.03. The molecule has 13 heavy (non-hydrogen) atoms. The van der Waals surface area contributed by atoms with Gasteiger partial charge in [-0.3, -0.25) is 0 Å². The van der Waals surface area contributed by atoms with E-state index in [1.54, 1.807) is 11.8 Å². The molecule has 1 aromatic carbocycles. The number of rotatable bonds is 1. The van der Waals surface area contributed by atoms with Crippen LogP contribution in [0.2, 0.25) is 0 Å². The second-order valence-electron chi connectivity index (χ2n) is 4.21. The van der Waals surface area contributed by atoms with Gasteiger partial charge in [0.05, 0.1) is 0 Å². The Kier molecular flexibility index (Phi) is 2.91. The van der Waals surface area contributed by atoms with E-state index < -0.39 is 0 Å². The molecular formula is C11H17NS. The average molecular weight is 195 g/mol. The summed E-state index contributed by atoms with van der Waals surface area (Å²) < 4.78 is 0. The zero-order chi connectivity index (χ0) is 10.1. The van der Waals surface area contributed by atoms with Gasteiger partial charge in [0.2, 0.25) is 0 Å². The van der Waals surface area contributed by atoms with E-state index in [2.05, 4.69) is 39.2 Å². The normalized spacial score (nSPS) is 11.7. The van der Waals surface area contributed by atoms with Gasteiger partial charge in [0.1, 0.15) is 0 Å². The van der Waals surface area contributed by atoms with Crippen LogP contribution in [0.1, 0.15) is 26.3 Å². The molecule has 2 heteroatoms. The Morgan fingerprint density at radius 3 is 2.31 bits per heavy atom. The molecule has 0 aliphatic carbocycles. The fourth-order valence-electron chi connectivity index (χ4n) is 1.18. The number of hydrogen-bond acceptors (Lipinski definition) is 2. The lowest BCUT2D eigenvalue weighted by molar-refractivity contribution is 0.589. The van der Waals surface area contributed by atoms with Gasteiger partial charge in [0.15, 0.2) is 0 Å². The van der Waals surface area contributed by atoms with Crippen LogP contribution in [0.4, 0.5) is 5.69 Å². The Bertz CT molecular complexity index is 299. The minimum atomic E-state index is 0.207. The van der Waals surface area contributed by atoms with Crippen molar-refractivity contribution in [2.75, 3.05) is 12.0 Å². The first-order valence-electron chi connectivity index (χ1n) is 4.39. The van der Waals surface area contributed by atoms with Gasteiger partial charge in [-0.1, -0.05) is 26.8 Å². The van der Waals surface area contributed by atoms with Crippen molar-refractivity contribution < 1.29 is 0 Å². The molecule has 1 rings (SSSR count). The number of nitrogens with two attached hydrogens (primary N) is 1. The highest BCUT2D eigenvalue weighted by molar-refractivity contribution is 7.98. The van der Waals surface area contributed by atoms with Crippen molar-refractivity contribution in [1.82, 2.24) is 0 Å². The number of benzene rings is 1. The third kappa shape index (κ3) is 2.41. The monoisotopic (exact) mass is 195 g/mol. The molecular weight excluding hydrogens is 178 g/mol. The molecule has 72 valence electrons. The molecule has 0 saturated heterocycles. The standard InChI is InChI=1S/C11H17NS/c1-11(2,3)8-5-6-9(12)10(7-8)13-4/h5-7H,12H2,1-4H3. The Morgan fingerprint density at radius 2 is 1.85 bits per heavy atom. The second kappa shape index (κ2) is 3.62. The van der Waals surface area contributed by atoms with E-state index in [0.29, 0.717) is 0 Å². The maximum atomic E-state index is 5.82. The van der Waals surface area contributed by atoms with Gasteiger partial charge in [-0.05, 0) is 29.4 Å². The van der Waals surface area contributed by atoms with Gasteiger partial charge < -0.3 is 5.73 Å². The summed E-state index contributed by atoms with van der Waals surface area (Å²) in [6, 6.07) is 6.28. The van der Waals surface area contributed by atoms with Crippen LogP contribution in [0, 0.1) is 0 Å². The maximum absolute atomic E-state index is 5.82. The Balaban J connectivity index is 3.14. The van der Waals surface area contributed by atoms with Crippen molar-refractivity contribution in [3.05, 3.63) is 23.8 Å². The molecule has 0 radical (unpaired) electrons. The maximum Gasteiger partial charge on any atom is 0.0452 e. The van der Waals surface area contributed by atoms with Crippen molar-refractivity contribution in [3.8, 4) is 0 Å². The highest BCUT2D eigenvalue weighted by atomic mass is 32.2. The number of anilines is 1. The summed E-state index contributed by atoms with van der Waals surface area (Å²) >= 11 is 1.70. The molecule has 0 saturated carbocycles. The Morgan fingerprint density at radius 1 is 1.23 bits per heavy atom. The summed E-state index contributed by atoms with van der Waals surface area (Å²) in [7, 11) is 0. The van der Waals surface area contributed by atoms with Gasteiger partial charge >= 0.3 is 0 Å². The van der Waals surface area contributed by atoms with Gasteiger partial charge in [0.25, 0.3) is 0 Å². The number of thioether (sulfide) groups is 1. The van der Waals surface area contributed by atoms with E-state index in [1.165, 1.54) is 10.5 Å². The van der Waals surface area contributed by atoms with Crippen LogP contribution in [0.25, 0.3) is 0 Å². The van der Waals surface area contributed by atoms with E-state index in [4.69, 9.17) is 5.73 Å². The Hall–Kier alpha value is -0.630. The zero-order valence-corrected chi connectivity index (χ0v) is 9.53. The van der Waals surface area contributed by atoms with Crippen LogP contribution in [0.15, 0.2) is 23.1 Å². The van der Waals surface area contributed by atoms with Gasteiger partial charge in [-0.2, -0.15) is 0 Å². The van der Waals surface area contributed by atoms with E-state index >= 15 is 0 Å². The SMILES string of the molecule is CSc1cc(C(C)(C)C)ccc1N. The first kappa shape index (κ1) is 10.5. The van der Waals surface area contributed by atoms with E-state index in [-0.39, 0.29) is 5.41 Å². The molecule has 0 spiro atoms. The molecule has 0 amide bonds. The molecule has 1 aromatic rings. The van der Waals surface area contributed by atoms with Crippen LogP contribution in [0.3, 0.4) is 0 Å². The number of nitrogen functional groups attached to an aromatic ring is 1. The zero-order valence-electron chi connectivity index (χ0n) is 8.72. The third-order valence-electron chi connectivity index (χ3n) is 2.10. The lowest BCUT2D eigenvalue weighted by Gasteiger charge is -2.20. The first-order valence-corrected chi connectivity index (χ1v) is 5.61. The van der Waals surface area contributed by atoms with Crippen molar-refractivity contribution in [2.45, 2.75) is 31.1 Å². The molecule has 2 N–H and O–H groups in total. The molecule has 0 unspecified atom stereocenters. The van der Waals surface area contributed by atoms with Crippen LogP contribution in [-0.4, -0.2) is 6.26 Å². The van der Waals surface area contributed by atoms with Gasteiger partial charge in [-0.25, -0.2) is 0 Å². The van der Waals surface area contributed by atoms with E-state index in [0.717, 1.165) is 5.69 Å². The smallest absolute Gasteiger partial charge is 0.0452 e. The minimum absolute atomic E-state index is 0.207. The molecule has 0 atom stereocenters. The van der Waals surface area contributed by atoms with Crippen LogP contribution in [-0.2, 0) is 5.41 Å². The van der Waals surface area contributed by atoms with Crippen LogP contribution < -0.4 is 5.73 Å². The molecule has 0 fully saturated rings. The molecule has 0 aliphatic heterocycles. The molecule has 0 heterocycles. The van der Waals surface area contributed by atoms with Crippen molar-refractivity contribution in [2.24, 2.45) is 0 Å². The van der Waals surface area contributed by atoms with Crippen LogP contribution in [0.5, 0.6) is 0 Å². The summed E-state index contributed by atoms with van der Waals surface area (Å²) in [5.74, 6) is 0. The predicted octanol–water partition coefficient (Wildman–Crippen LogP) is 3.29. The third-order valence-corrected chi connectivity index (χ3v) is 2.89. The molecule has 1 nitrogen and oxygen atoms in total. The summed E-state index contributed by atoms with van der Waals surface area (Å²) in [4.78, 5) is 1.17. The van der Waals surface area contributed by atoms with Crippen LogP contribution >= 0.6 is 11.8 Å².